The van der Waals surface area contributed by atoms with E-state index in [4.69, 9.17) is 9.47 Å². The molecule has 0 bridgehead atoms. The second-order valence-electron chi connectivity index (χ2n) is 4.94. The summed E-state index contributed by atoms with van der Waals surface area (Å²) in [7, 11) is 0. The monoisotopic (exact) mass is 341 g/mol. The van der Waals surface area contributed by atoms with Crippen molar-refractivity contribution in [3.05, 3.63) is 28.7 Å². The molecule has 0 saturated carbocycles. The van der Waals surface area contributed by atoms with Gasteiger partial charge in [0.25, 0.3) is 0 Å². The van der Waals surface area contributed by atoms with Crippen molar-refractivity contribution < 1.29 is 14.3 Å². The third-order valence-corrected chi connectivity index (χ3v) is 3.87. The van der Waals surface area contributed by atoms with Gasteiger partial charge in [0, 0.05) is 10.2 Å². The molecule has 3 unspecified atom stereocenters. The number of nitrogens with one attached hydrogen (secondary N) is 1. The fourth-order valence-electron chi connectivity index (χ4n) is 2.34. The summed E-state index contributed by atoms with van der Waals surface area (Å²) < 4.78 is 12.0. The lowest BCUT2D eigenvalue weighted by Gasteiger charge is -2.24. The average molecular weight is 342 g/mol. The van der Waals surface area contributed by atoms with Gasteiger partial charge in [0.1, 0.15) is 0 Å². The van der Waals surface area contributed by atoms with Crippen LogP contribution in [-0.4, -0.2) is 30.8 Å². The molecule has 0 radical (unpaired) electrons. The SMILES string of the molecule is CCOC(=O)C(Nc1ccc(Br)cc1)C1CCC(C)O1. The Hall–Kier alpha value is -1.07. The minimum Gasteiger partial charge on any atom is -0.464 e. The molecular formula is C15H20BrNO3. The van der Waals surface area contributed by atoms with Crippen molar-refractivity contribution >= 4 is 27.6 Å². The van der Waals surface area contributed by atoms with Crippen molar-refractivity contribution in [3.63, 3.8) is 0 Å². The Bertz CT molecular complexity index is 449. The van der Waals surface area contributed by atoms with Gasteiger partial charge in [-0.3, -0.25) is 0 Å². The first kappa shape index (κ1) is 15.3. The Morgan fingerprint density at radius 3 is 2.70 bits per heavy atom. The van der Waals surface area contributed by atoms with Gasteiger partial charge in [-0.25, -0.2) is 4.79 Å². The molecule has 0 aromatic heterocycles. The number of benzene rings is 1. The number of esters is 1. The van der Waals surface area contributed by atoms with Crippen LogP contribution in [0.3, 0.4) is 0 Å². The molecule has 1 aromatic rings. The van der Waals surface area contributed by atoms with Crippen molar-refractivity contribution in [2.24, 2.45) is 0 Å². The van der Waals surface area contributed by atoms with Crippen LogP contribution in [0.25, 0.3) is 0 Å². The summed E-state index contributed by atoms with van der Waals surface area (Å²) in [5.74, 6) is -0.255. The molecule has 1 aliphatic rings. The van der Waals surface area contributed by atoms with Crippen LogP contribution in [-0.2, 0) is 14.3 Å². The molecule has 20 heavy (non-hydrogen) atoms. The number of anilines is 1. The topological polar surface area (TPSA) is 47.6 Å². The number of hydrogen-bond donors (Lipinski definition) is 1. The molecule has 4 nitrogen and oxygen atoms in total. The zero-order valence-electron chi connectivity index (χ0n) is 11.8. The Balaban J connectivity index is 2.09. The lowest BCUT2D eigenvalue weighted by molar-refractivity contribution is -0.147. The van der Waals surface area contributed by atoms with Crippen molar-refractivity contribution in [2.75, 3.05) is 11.9 Å². The Kier molecular flexibility index (Phi) is 5.43. The molecule has 2 rings (SSSR count). The molecule has 1 saturated heterocycles. The van der Waals surface area contributed by atoms with E-state index in [1.54, 1.807) is 0 Å². The molecule has 1 fully saturated rings. The van der Waals surface area contributed by atoms with Crippen molar-refractivity contribution in [1.82, 2.24) is 0 Å². The fraction of sp³-hybridized carbons (Fsp3) is 0.533. The molecule has 110 valence electrons. The van der Waals surface area contributed by atoms with Crippen LogP contribution in [0.15, 0.2) is 28.7 Å². The average Bonchev–Trinajstić information content (AvgIpc) is 2.84. The standard InChI is InChI=1S/C15H20BrNO3/c1-3-19-15(18)14(13-9-4-10(2)20-13)17-12-7-5-11(16)6-8-12/h5-8,10,13-14,17H,3-4,9H2,1-2H3. The van der Waals surface area contributed by atoms with Gasteiger partial charge in [-0.05, 0) is 51.0 Å². The van der Waals surface area contributed by atoms with Gasteiger partial charge in [0.2, 0.25) is 0 Å². The predicted octanol–water partition coefficient (Wildman–Crippen LogP) is 3.36. The third kappa shape index (κ3) is 3.96. The van der Waals surface area contributed by atoms with Crippen molar-refractivity contribution in [2.45, 2.75) is 44.9 Å². The molecular weight excluding hydrogens is 322 g/mol. The van der Waals surface area contributed by atoms with Crippen LogP contribution in [0.1, 0.15) is 26.7 Å². The second kappa shape index (κ2) is 7.09. The number of rotatable bonds is 5. The number of ether oxygens (including phenoxy) is 2. The summed E-state index contributed by atoms with van der Waals surface area (Å²) in [4.78, 5) is 12.1. The molecule has 0 spiro atoms. The number of carbonyl (C=O) groups excluding carboxylic acids is 1. The van der Waals surface area contributed by atoms with Crippen LogP contribution in [0.4, 0.5) is 5.69 Å². The maximum absolute atomic E-state index is 12.1. The summed E-state index contributed by atoms with van der Waals surface area (Å²) in [6.45, 7) is 4.22. The lowest BCUT2D eigenvalue weighted by atomic mass is 10.1. The maximum atomic E-state index is 12.1. The van der Waals surface area contributed by atoms with Crippen LogP contribution < -0.4 is 5.32 Å². The summed E-state index contributed by atoms with van der Waals surface area (Å²) in [5, 5.41) is 3.23. The maximum Gasteiger partial charge on any atom is 0.331 e. The van der Waals surface area contributed by atoms with Gasteiger partial charge in [-0.1, -0.05) is 15.9 Å². The first-order valence-electron chi connectivity index (χ1n) is 6.94. The Morgan fingerprint density at radius 1 is 1.45 bits per heavy atom. The van der Waals surface area contributed by atoms with Gasteiger partial charge in [0.05, 0.1) is 18.8 Å². The van der Waals surface area contributed by atoms with Gasteiger partial charge >= 0.3 is 5.97 Å². The van der Waals surface area contributed by atoms with E-state index in [9.17, 15) is 4.79 Å². The van der Waals surface area contributed by atoms with Gasteiger partial charge < -0.3 is 14.8 Å². The van der Waals surface area contributed by atoms with Crippen LogP contribution in [0.2, 0.25) is 0 Å². The van der Waals surface area contributed by atoms with E-state index in [1.165, 1.54) is 0 Å². The first-order chi connectivity index (χ1) is 9.60. The van der Waals surface area contributed by atoms with Crippen LogP contribution >= 0.6 is 15.9 Å². The molecule has 1 heterocycles. The number of carbonyl (C=O) groups is 1. The van der Waals surface area contributed by atoms with E-state index in [-0.39, 0.29) is 18.2 Å². The van der Waals surface area contributed by atoms with E-state index in [0.717, 1.165) is 23.0 Å². The smallest absolute Gasteiger partial charge is 0.331 e. The van der Waals surface area contributed by atoms with E-state index in [2.05, 4.69) is 21.2 Å². The highest BCUT2D eigenvalue weighted by Gasteiger charge is 2.35. The molecule has 1 aliphatic heterocycles. The van der Waals surface area contributed by atoms with Gasteiger partial charge in [-0.15, -0.1) is 0 Å². The highest BCUT2D eigenvalue weighted by molar-refractivity contribution is 9.10. The zero-order chi connectivity index (χ0) is 14.5. The normalized spacial score (nSPS) is 23.4. The van der Waals surface area contributed by atoms with E-state index < -0.39 is 6.04 Å². The minimum absolute atomic E-state index is 0.132. The molecule has 0 aliphatic carbocycles. The molecule has 1 N–H and O–H groups in total. The quantitative estimate of drug-likeness (QED) is 0.834. The number of hydrogen-bond acceptors (Lipinski definition) is 4. The Labute approximate surface area is 128 Å². The van der Waals surface area contributed by atoms with E-state index >= 15 is 0 Å². The number of halogens is 1. The van der Waals surface area contributed by atoms with E-state index in [0.29, 0.717) is 6.61 Å². The molecule has 1 aromatic carbocycles. The van der Waals surface area contributed by atoms with Crippen molar-refractivity contribution in [3.8, 4) is 0 Å². The highest BCUT2D eigenvalue weighted by atomic mass is 79.9. The summed E-state index contributed by atoms with van der Waals surface area (Å²) in [6, 6.07) is 7.26. The third-order valence-electron chi connectivity index (χ3n) is 3.34. The second-order valence-corrected chi connectivity index (χ2v) is 5.86. The van der Waals surface area contributed by atoms with Gasteiger partial charge in [-0.2, -0.15) is 0 Å². The lowest BCUT2D eigenvalue weighted by Crippen LogP contribution is -2.42. The largest absolute Gasteiger partial charge is 0.464 e. The van der Waals surface area contributed by atoms with Crippen molar-refractivity contribution in [1.29, 1.82) is 0 Å². The summed E-state index contributed by atoms with van der Waals surface area (Å²) >= 11 is 3.40. The van der Waals surface area contributed by atoms with Crippen LogP contribution in [0, 0.1) is 0 Å². The molecule has 0 amide bonds. The fourth-order valence-corrected chi connectivity index (χ4v) is 2.60. The molecule has 3 atom stereocenters. The first-order valence-corrected chi connectivity index (χ1v) is 7.73. The summed E-state index contributed by atoms with van der Waals surface area (Å²) in [6.07, 6.45) is 1.91. The van der Waals surface area contributed by atoms with Crippen LogP contribution in [0.5, 0.6) is 0 Å². The molecule has 5 heteroatoms. The minimum atomic E-state index is -0.457. The predicted molar refractivity (Wildman–Crippen MR) is 81.8 cm³/mol. The highest BCUT2D eigenvalue weighted by Crippen LogP contribution is 2.25. The zero-order valence-corrected chi connectivity index (χ0v) is 13.4. The van der Waals surface area contributed by atoms with E-state index in [1.807, 2.05) is 38.1 Å². The summed E-state index contributed by atoms with van der Waals surface area (Å²) in [5.41, 5.74) is 0.884. The Morgan fingerprint density at radius 2 is 2.15 bits per heavy atom. The van der Waals surface area contributed by atoms with Gasteiger partial charge in [0.15, 0.2) is 6.04 Å².